The molecular weight excluding hydrogens is 216 g/mol. The van der Waals surface area contributed by atoms with E-state index < -0.39 is 21.0 Å². The molecule has 0 aromatic rings. The van der Waals surface area contributed by atoms with E-state index in [1.165, 1.54) is 6.92 Å². The smallest absolute Gasteiger partial charge is 0.238 e. The van der Waals surface area contributed by atoms with Crippen molar-refractivity contribution in [3.8, 4) is 0 Å². The number of amides is 1. The number of unbranched alkanes of at least 4 members (excludes halogenated alkanes) is 1. The van der Waals surface area contributed by atoms with E-state index in [0.29, 0.717) is 6.54 Å². The fourth-order valence-electron chi connectivity index (χ4n) is 1.04. The lowest BCUT2D eigenvalue weighted by molar-refractivity contribution is -0.120. The molecule has 1 amide bonds. The van der Waals surface area contributed by atoms with Crippen LogP contribution in [0.25, 0.3) is 0 Å². The average molecular weight is 236 g/mol. The van der Waals surface area contributed by atoms with Crippen LogP contribution >= 0.6 is 0 Å². The topological polar surface area (TPSA) is 89.3 Å². The first-order chi connectivity index (χ1) is 6.95. The predicted octanol–water partition coefficient (Wildman–Crippen LogP) is -0.335. The first-order valence-corrected chi connectivity index (χ1v) is 6.86. The van der Waals surface area contributed by atoms with Gasteiger partial charge in [-0.2, -0.15) is 0 Å². The Morgan fingerprint density at radius 2 is 2.07 bits per heavy atom. The summed E-state index contributed by atoms with van der Waals surface area (Å²) in [6.07, 6.45) is 1.82. The summed E-state index contributed by atoms with van der Waals surface area (Å²) >= 11 is 0. The SMILES string of the molecule is CCCCNC(=O)C(C)S(=O)(=O)CCN. The van der Waals surface area contributed by atoms with Gasteiger partial charge in [0.15, 0.2) is 9.84 Å². The first kappa shape index (κ1) is 14.4. The molecule has 0 aliphatic heterocycles. The minimum absolute atomic E-state index is 0.0505. The molecule has 0 bridgehead atoms. The maximum atomic E-state index is 11.5. The Labute approximate surface area is 91.3 Å². The van der Waals surface area contributed by atoms with Crippen LogP contribution in [-0.4, -0.2) is 38.4 Å². The molecule has 0 aliphatic carbocycles. The van der Waals surface area contributed by atoms with Crippen LogP contribution in [0.5, 0.6) is 0 Å². The zero-order valence-electron chi connectivity index (χ0n) is 9.32. The van der Waals surface area contributed by atoms with Crippen LogP contribution in [0.2, 0.25) is 0 Å². The summed E-state index contributed by atoms with van der Waals surface area (Å²) in [5, 5.41) is 1.59. The van der Waals surface area contributed by atoms with Crippen LogP contribution in [0, 0.1) is 0 Å². The van der Waals surface area contributed by atoms with Gasteiger partial charge in [-0.05, 0) is 13.3 Å². The highest BCUT2D eigenvalue weighted by molar-refractivity contribution is 7.92. The van der Waals surface area contributed by atoms with Crippen LogP contribution in [-0.2, 0) is 14.6 Å². The molecule has 1 atom stereocenters. The van der Waals surface area contributed by atoms with Crippen molar-refractivity contribution < 1.29 is 13.2 Å². The summed E-state index contributed by atoms with van der Waals surface area (Å²) in [5.41, 5.74) is 5.16. The Morgan fingerprint density at radius 1 is 1.47 bits per heavy atom. The van der Waals surface area contributed by atoms with E-state index in [9.17, 15) is 13.2 Å². The van der Waals surface area contributed by atoms with Gasteiger partial charge in [-0.25, -0.2) is 8.42 Å². The van der Waals surface area contributed by atoms with Crippen molar-refractivity contribution in [1.29, 1.82) is 0 Å². The van der Waals surface area contributed by atoms with Crippen molar-refractivity contribution in [3.05, 3.63) is 0 Å². The summed E-state index contributed by atoms with van der Waals surface area (Å²) in [6, 6.07) is 0. The zero-order chi connectivity index (χ0) is 11.9. The molecule has 15 heavy (non-hydrogen) atoms. The van der Waals surface area contributed by atoms with Crippen LogP contribution in [0.1, 0.15) is 26.7 Å². The lowest BCUT2D eigenvalue weighted by Crippen LogP contribution is -2.40. The molecule has 6 heteroatoms. The molecule has 0 aromatic heterocycles. The highest BCUT2D eigenvalue weighted by Gasteiger charge is 2.26. The summed E-state index contributed by atoms with van der Waals surface area (Å²) < 4.78 is 22.9. The molecule has 3 N–H and O–H groups in total. The number of carbonyl (C=O) groups is 1. The molecule has 0 rings (SSSR count). The number of carbonyl (C=O) groups excluding carboxylic acids is 1. The Bertz CT molecular complexity index is 288. The Hall–Kier alpha value is -0.620. The Balaban J connectivity index is 4.19. The number of nitrogens with two attached hydrogens (primary N) is 1. The summed E-state index contributed by atoms with van der Waals surface area (Å²) in [7, 11) is -3.38. The van der Waals surface area contributed by atoms with Crippen molar-refractivity contribution in [2.45, 2.75) is 31.9 Å². The predicted molar refractivity (Wildman–Crippen MR) is 60.2 cm³/mol. The number of hydrogen-bond acceptors (Lipinski definition) is 4. The molecule has 0 heterocycles. The van der Waals surface area contributed by atoms with Gasteiger partial charge < -0.3 is 11.1 Å². The molecule has 0 aliphatic rings. The van der Waals surface area contributed by atoms with E-state index in [0.717, 1.165) is 12.8 Å². The number of nitrogens with one attached hydrogen (secondary N) is 1. The van der Waals surface area contributed by atoms with Gasteiger partial charge in [-0.3, -0.25) is 4.79 Å². The molecule has 1 unspecified atom stereocenters. The maximum absolute atomic E-state index is 11.5. The zero-order valence-corrected chi connectivity index (χ0v) is 10.1. The maximum Gasteiger partial charge on any atom is 0.238 e. The fraction of sp³-hybridized carbons (Fsp3) is 0.889. The van der Waals surface area contributed by atoms with E-state index in [2.05, 4.69) is 5.32 Å². The van der Waals surface area contributed by atoms with Gasteiger partial charge >= 0.3 is 0 Å². The lowest BCUT2D eigenvalue weighted by atomic mass is 10.3. The number of rotatable bonds is 7. The quantitative estimate of drug-likeness (QED) is 0.592. The fourth-order valence-corrected chi connectivity index (χ4v) is 2.13. The van der Waals surface area contributed by atoms with Gasteiger partial charge in [0.25, 0.3) is 0 Å². The van der Waals surface area contributed by atoms with Crippen LogP contribution < -0.4 is 11.1 Å². The van der Waals surface area contributed by atoms with Gasteiger partial charge in [0.05, 0.1) is 5.75 Å². The standard InChI is InChI=1S/C9H20N2O3S/c1-3-4-6-11-9(12)8(2)15(13,14)7-5-10/h8H,3-7,10H2,1-2H3,(H,11,12). The third-order valence-corrected chi connectivity index (χ3v) is 4.24. The Kier molecular flexibility index (Phi) is 6.51. The van der Waals surface area contributed by atoms with Crippen molar-refractivity contribution in [2.24, 2.45) is 5.73 Å². The molecule has 0 fully saturated rings. The second-order valence-electron chi connectivity index (χ2n) is 3.44. The van der Waals surface area contributed by atoms with E-state index in [4.69, 9.17) is 5.73 Å². The summed E-state index contributed by atoms with van der Waals surface area (Å²) in [5.74, 6) is -0.577. The van der Waals surface area contributed by atoms with Gasteiger partial charge in [-0.15, -0.1) is 0 Å². The second-order valence-corrected chi connectivity index (χ2v) is 5.88. The third-order valence-electron chi connectivity index (χ3n) is 2.14. The monoisotopic (exact) mass is 236 g/mol. The average Bonchev–Trinajstić information content (AvgIpc) is 2.16. The van der Waals surface area contributed by atoms with E-state index in [-0.39, 0.29) is 12.3 Å². The van der Waals surface area contributed by atoms with Crippen LogP contribution in [0.3, 0.4) is 0 Å². The minimum Gasteiger partial charge on any atom is -0.355 e. The molecule has 5 nitrogen and oxygen atoms in total. The lowest BCUT2D eigenvalue weighted by Gasteiger charge is -2.12. The van der Waals surface area contributed by atoms with Crippen molar-refractivity contribution in [2.75, 3.05) is 18.8 Å². The van der Waals surface area contributed by atoms with Crippen molar-refractivity contribution >= 4 is 15.7 Å². The second kappa shape index (κ2) is 6.79. The number of hydrogen-bond donors (Lipinski definition) is 2. The molecule has 0 saturated carbocycles. The molecular formula is C9H20N2O3S. The third kappa shape index (κ3) is 5.13. The van der Waals surface area contributed by atoms with E-state index in [1.54, 1.807) is 0 Å². The molecule has 0 spiro atoms. The van der Waals surface area contributed by atoms with Crippen LogP contribution in [0.15, 0.2) is 0 Å². The first-order valence-electron chi connectivity index (χ1n) is 5.15. The molecule has 90 valence electrons. The van der Waals surface area contributed by atoms with Gasteiger partial charge in [0.2, 0.25) is 5.91 Å². The Morgan fingerprint density at radius 3 is 2.53 bits per heavy atom. The highest BCUT2D eigenvalue weighted by atomic mass is 32.2. The van der Waals surface area contributed by atoms with E-state index >= 15 is 0 Å². The van der Waals surface area contributed by atoms with Crippen molar-refractivity contribution in [3.63, 3.8) is 0 Å². The molecule has 0 aromatic carbocycles. The number of sulfone groups is 1. The van der Waals surface area contributed by atoms with Gasteiger partial charge in [0.1, 0.15) is 5.25 Å². The normalized spacial score (nSPS) is 13.5. The highest BCUT2D eigenvalue weighted by Crippen LogP contribution is 2.01. The van der Waals surface area contributed by atoms with Gasteiger partial charge in [0, 0.05) is 13.1 Å². The van der Waals surface area contributed by atoms with Crippen LogP contribution in [0.4, 0.5) is 0 Å². The summed E-state index contributed by atoms with van der Waals surface area (Å²) in [6.45, 7) is 3.97. The largest absolute Gasteiger partial charge is 0.355 e. The minimum atomic E-state index is -3.38. The van der Waals surface area contributed by atoms with E-state index in [1.807, 2.05) is 6.92 Å². The molecule has 0 saturated heterocycles. The molecule has 0 radical (unpaired) electrons. The summed E-state index contributed by atoms with van der Waals surface area (Å²) in [4.78, 5) is 11.4. The van der Waals surface area contributed by atoms with Crippen molar-refractivity contribution in [1.82, 2.24) is 5.32 Å². The van der Waals surface area contributed by atoms with Gasteiger partial charge in [-0.1, -0.05) is 13.3 Å².